The van der Waals surface area contributed by atoms with Gasteiger partial charge in [0.05, 0.1) is 0 Å². The highest BCUT2D eigenvalue weighted by atomic mass is 32.2. The van der Waals surface area contributed by atoms with Crippen molar-refractivity contribution in [2.45, 2.75) is 42.8 Å². The van der Waals surface area contributed by atoms with Crippen LogP contribution in [0.3, 0.4) is 0 Å². The Kier molecular flexibility index (Phi) is 8.43. The zero-order chi connectivity index (χ0) is 22.9. The first-order valence-corrected chi connectivity index (χ1v) is 12.6. The van der Waals surface area contributed by atoms with E-state index in [0.29, 0.717) is 22.1 Å². The molecule has 7 nitrogen and oxygen atoms in total. The second kappa shape index (κ2) is 11.9. The minimum Gasteiger partial charge on any atom is -0.362 e. The van der Waals surface area contributed by atoms with Crippen LogP contribution in [0.5, 0.6) is 0 Å². The zero-order valence-electron chi connectivity index (χ0n) is 18.8. The molecule has 9 heteroatoms. The fourth-order valence-corrected chi connectivity index (χ4v) is 4.70. The number of nitrogens with zero attached hydrogens (tertiary/aromatic N) is 5. The summed E-state index contributed by atoms with van der Waals surface area (Å²) in [5.74, 6) is 2.04. The van der Waals surface area contributed by atoms with Crippen molar-refractivity contribution >= 4 is 40.9 Å². The quantitative estimate of drug-likeness (QED) is 0.209. The maximum atomic E-state index is 5.51. The number of aryl methyl sites for hydroxylation is 1. The van der Waals surface area contributed by atoms with E-state index in [1.54, 1.807) is 18.5 Å². The number of hydrogen-bond acceptors (Lipinski definition) is 7. The predicted octanol–water partition coefficient (Wildman–Crippen LogP) is 4.57. The van der Waals surface area contributed by atoms with Crippen molar-refractivity contribution in [1.82, 2.24) is 25.3 Å². The standard InChI is InChI=1S/C24H29N7S2/c1-18-8-6-15-31(17-18)20-16-21(33-24-26-13-7-14-27-24)29-22(28-20)30-23(32)25-12-5-11-19-9-3-2-4-10-19/h2-4,7,9-10,13-14,16,18H,5-6,8,11-12,15,17H2,1H3,(H2,25,28,29,30,32)/t18-/m0/s1. The molecule has 0 saturated carbocycles. The summed E-state index contributed by atoms with van der Waals surface area (Å²) in [6, 6.07) is 14.3. The number of hydrogen-bond donors (Lipinski definition) is 2. The maximum absolute atomic E-state index is 5.51. The first-order chi connectivity index (χ1) is 16.2. The monoisotopic (exact) mass is 479 g/mol. The summed E-state index contributed by atoms with van der Waals surface area (Å²) >= 11 is 6.93. The average molecular weight is 480 g/mol. The van der Waals surface area contributed by atoms with Crippen LogP contribution in [0.1, 0.15) is 31.7 Å². The number of piperidine rings is 1. The van der Waals surface area contributed by atoms with Gasteiger partial charge in [0.15, 0.2) is 10.3 Å². The number of thiocarbonyl (C=S) groups is 1. The summed E-state index contributed by atoms with van der Waals surface area (Å²) < 4.78 is 0. The third-order valence-corrected chi connectivity index (χ3v) is 6.46. The SMILES string of the molecule is C[C@H]1CCCN(c2cc(Sc3ncccn3)nc(NC(=S)NCCCc3ccccc3)n2)C1. The minimum atomic E-state index is 0.490. The second-order valence-electron chi connectivity index (χ2n) is 8.18. The molecule has 1 saturated heterocycles. The largest absolute Gasteiger partial charge is 0.362 e. The summed E-state index contributed by atoms with van der Waals surface area (Å²) in [5, 5.41) is 8.42. The minimum absolute atomic E-state index is 0.490. The lowest BCUT2D eigenvalue weighted by Gasteiger charge is -2.32. The van der Waals surface area contributed by atoms with E-state index in [-0.39, 0.29) is 0 Å². The topological polar surface area (TPSA) is 78.9 Å². The molecule has 2 N–H and O–H groups in total. The molecule has 4 rings (SSSR count). The van der Waals surface area contributed by atoms with E-state index in [9.17, 15) is 0 Å². The highest BCUT2D eigenvalue weighted by Gasteiger charge is 2.20. The molecular weight excluding hydrogens is 450 g/mol. The highest BCUT2D eigenvalue weighted by molar-refractivity contribution is 7.99. The molecule has 1 aromatic carbocycles. The van der Waals surface area contributed by atoms with Crippen LogP contribution in [0.4, 0.5) is 11.8 Å². The lowest BCUT2D eigenvalue weighted by Crippen LogP contribution is -2.35. The summed E-state index contributed by atoms with van der Waals surface area (Å²) in [4.78, 5) is 20.4. The molecule has 0 radical (unpaired) electrons. The normalized spacial score (nSPS) is 15.8. The first-order valence-electron chi connectivity index (χ1n) is 11.3. The molecule has 1 fully saturated rings. The van der Waals surface area contributed by atoms with E-state index in [0.717, 1.165) is 43.3 Å². The Morgan fingerprint density at radius 3 is 2.76 bits per heavy atom. The van der Waals surface area contributed by atoms with Crippen LogP contribution < -0.4 is 15.5 Å². The number of benzene rings is 1. The van der Waals surface area contributed by atoms with Gasteiger partial charge in [-0.15, -0.1) is 0 Å². The Bertz CT molecular complexity index is 1030. The van der Waals surface area contributed by atoms with Gasteiger partial charge in [-0.1, -0.05) is 37.3 Å². The Morgan fingerprint density at radius 2 is 1.97 bits per heavy atom. The Labute approximate surface area is 204 Å². The molecular formula is C24H29N7S2. The lowest BCUT2D eigenvalue weighted by atomic mass is 10.0. The van der Waals surface area contributed by atoms with Gasteiger partial charge in [-0.2, -0.15) is 4.98 Å². The molecule has 2 aromatic heterocycles. The van der Waals surface area contributed by atoms with Gasteiger partial charge in [0.1, 0.15) is 10.8 Å². The molecule has 33 heavy (non-hydrogen) atoms. The summed E-state index contributed by atoms with van der Waals surface area (Å²) in [6.45, 7) is 5.05. The molecule has 0 bridgehead atoms. The Hall–Kier alpha value is -2.78. The van der Waals surface area contributed by atoms with Crippen LogP contribution in [0.15, 0.2) is 65.0 Å². The molecule has 0 aliphatic carbocycles. The third-order valence-electron chi connectivity index (χ3n) is 5.40. The van der Waals surface area contributed by atoms with E-state index in [1.165, 1.54) is 30.2 Å². The van der Waals surface area contributed by atoms with Gasteiger partial charge >= 0.3 is 0 Å². The second-order valence-corrected chi connectivity index (χ2v) is 9.58. The van der Waals surface area contributed by atoms with E-state index in [1.807, 2.05) is 12.1 Å². The first kappa shape index (κ1) is 23.4. The zero-order valence-corrected chi connectivity index (χ0v) is 20.4. The van der Waals surface area contributed by atoms with Gasteiger partial charge in [0.2, 0.25) is 5.95 Å². The average Bonchev–Trinajstić information content (AvgIpc) is 2.83. The highest BCUT2D eigenvalue weighted by Crippen LogP contribution is 2.29. The number of nitrogens with one attached hydrogen (secondary N) is 2. The number of aromatic nitrogens is 4. The smallest absolute Gasteiger partial charge is 0.232 e. The van der Waals surface area contributed by atoms with Crippen molar-refractivity contribution in [3.05, 3.63) is 60.4 Å². The molecule has 3 aromatic rings. The molecule has 1 aliphatic heterocycles. The van der Waals surface area contributed by atoms with Crippen molar-refractivity contribution in [2.24, 2.45) is 5.92 Å². The number of anilines is 2. The van der Waals surface area contributed by atoms with Gasteiger partial charge in [0, 0.05) is 38.1 Å². The van der Waals surface area contributed by atoms with Crippen molar-refractivity contribution in [2.75, 3.05) is 29.9 Å². The van der Waals surface area contributed by atoms with Crippen LogP contribution >= 0.6 is 24.0 Å². The van der Waals surface area contributed by atoms with E-state index in [4.69, 9.17) is 17.2 Å². The summed E-state index contributed by atoms with van der Waals surface area (Å²) in [7, 11) is 0. The predicted molar refractivity (Wildman–Crippen MR) is 138 cm³/mol. The van der Waals surface area contributed by atoms with E-state index in [2.05, 4.69) is 61.7 Å². The van der Waals surface area contributed by atoms with Crippen LogP contribution in [-0.4, -0.2) is 44.7 Å². The van der Waals surface area contributed by atoms with E-state index >= 15 is 0 Å². The molecule has 1 aliphatic rings. The van der Waals surface area contributed by atoms with Gasteiger partial charge < -0.3 is 15.5 Å². The molecule has 0 spiro atoms. The molecule has 3 heterocycles. The van der Waals surface area contributed by atoms with Crippen LogP contribution in [-0.2, 0) is 6.42 Å². The summed E-state index contributed by atoms with van der Waals surface area (Å²) in [6.07, 6.45) is 7.88. The molecule has 0 amide bonds. The van der Waals surface area contributed by atoms with Crippen molar-refractivity contribution in [3.63, 3.8) is 0 Å². The fourth-order valence-electron chi connectivity index (χ4n) is 3.80. The fraction of sp³-hybridized carbons (Fsp3) is 0.375. The molecule has 1 atom stereocenters. The molecule has 0 unspecified atom stereocenters. The maximum Gasteiger partial charge on any atom is 0.232 e. The Balaban J connectivity index is 1.41. The summed E-state index contributed by atoms with van der Waals surface area (Å²) in [5.41, 5.74) is 1.33. The van der Waals surface area contributed by atoms with Gasteiger partial charge in [0.25, 0.3) is 0 Å². The van der Waals surface area contributed by atoms with Gasteiger partial charge in [-0.3, -0.25) is 0 Å². The third kappa shape index (κ3) is 7.36. The molecule has 172 valence electrons. The number of rotatable bonds is 8. The van der Waals surface area contributed by atoms with Crippen LogP contribution in [0, 0.1) is 5.92 Å². The van der Waals surface area contributed by atoms with Crippen molar-refractivity contribution < 1.29 is 0 Å². The van der Waals surface area contributed by atoms with Gasteiger partial charge in [-0.25, -0.2) is 15.0 Å². The van der Waals surface area contributed by atoms with Crippen molar-refractivity contribution in [3.8, 4) is 0 Å². The Morgan fingerprint density at radius 1 is 1.15 bits per heavy atom. The van der Waals surface area contributed by atoms with Crippen molar-refractivity contribution in [1.29, 1.82) is 0 Å². The van der Waals surface area contributed by atoms with E-state index < -0.39 is 0 Å². The lowest BCUT2D eigenvalue weighted by molar-refractivity contribution is 0.444. The van der Waals surface area contributed by atoms with Crippen LogP contribution in [0.25, 0.3) is 0 Å². The van der Waals surface area contributed by atoms with Crippen LogP contribution in [0.2, 0.25) is 0 Å². The van der Waals surface area contributed by atoms with Gasteiger partial charge in [-0.05, 0) is 67.2 Å².